The molecule has 1 aromatic rings. The molecule has 0 saturated carbocycles. The molecule has 0 bridgehead atoms. The molecule has 2 aliphatic rings. The Bertz CT molecular complexity index is 441. The number of carbonyl (C=O) groups is 1. The third kappa shape index (κ3) is 1.39. The van der Waals surface area contributed by atoms with Gasteiger partial charge in [0, 0.05) is 0 Å². The van der Waals surface area contributed by atoms with Crippen LogP contribution >= 0.6 is 11.3 Å². The number of nitrogens with zero attached hydrogens (tertiary/aromatic N) is 2. The van der Waals surface area contributed by atoms with E-state index in [2.05, 4.69) is 0 Å². The summed E-state index contributed by atoms with van der Waals surface area (Å²) in [6.45, 7) is 0.684. The van der Waals surface area contributed by atoms with Crippen molar-refractivity contribution in [3.8, 4) is 0 Å². The molecule has 1 amide bonds. The molecule has 2 atom stereocenters. The Morgan fingerprint density at radius 2 is 2.56 bits per heavy atom. The van der Waals surface area contributed by atoms with Crippen molar-refractivity contribution in [2.75, 3.05) is 13.7 Å². The van der Waals surface area contributed by atoms with Crippen LogP contribution in [0.2, 0.25) is 0 Å². The Kier molecular flexibility index (Phi) is 2.29. The van der Waals surface area contributed by atoms with Crippen LogP contribution in [0.3, 0.4) is 0 Å². The van der Waals surface area contributed by atoms with Crippen molar-refractivity contribution in [3.05, 3.63) is 22.4 Å². The first kappa shape index (κ1) is 9.99. The zero-order valence-electron chi connectivity index (χ0n) is 9.00. The average molecular weight is 237 g/mol. The Morgan fingerprint density at radius 1 is 1.69 bits per heavy atom. The predicted molar refractivity (Wildman–Crippen MR) is 60.4 cm³/mol. The first-order valence-electron chi connectivity index (χ1n) is 5.33. The maximum atomic E-state index is 11.9. The van der Waals surface area contributed by atoms with Crippen LogP contribution in [0.15, 0.2) is 17.5 Å². The van der Waals surface area contributed by atoms with Crippen molar-refractivity contribution >= 4 is 23.5 Å². The molecule has 2 saturated heterocycles. The molecule has 2 aliphatic heterocycles. The highest BCUT2D eigenvalue weighted by molar-refractivity contribution is 7.11. The monoisotopic (exact) mass is 237 g/mol. The Balaban J connectivity index is 1.97. The van der Waals surface area contributed by atoms with Gasteiger partial charge < -0.3 is 4.74 Å². The molecule has 0 unspecified atom stereocenters. The topological polar surface area (TPSA) is 32.6 Å². The van der Waals surface area contributed by atoms with E-state index in [1.54, 1.807) is 23.4 Å². The minimum Gasteiger partial charge on any atom is -0.319 e. The van der Waals surface area contributed by atoms with Crippen molar-refractivity contribution in [2.24, 2.45) is 5.92 Å². The second kappa shape index (κ2) is 3.68. The molecule has 5 heteroatoms. The van der Waals surface area contributed by atoms with E-state index in [0.717, 1.165) is 11.3 Å². The molecule has 3 heterocycles. The second-order valence-electron chi connectivity index (χ2n) is 4.04. The van der Waals surface area contributed by atoms with E-state index in [4.69, 9.17) is 4.74 Å². The van der Waals surface area contributed by atoms with Crippen LogP contribution in [0.25, 0.3) is 0 Å². The molecule has 0 aliphatic carbocycles. The van der Waals surface area contributed by atoms with Gasteiger partial charge in [0.1, 0.15) is 5.92 Å². The van der Waals surface area contributed by atoms with Gasteiger partial charge in [-0.1, -0.05) is 10.8 Å². The zero-order valence-corrected chi connectivity index (χ0v) is 9.81. The summed E-state index contributed by atoms with van der Waals surface area (Å²) in [5.41, 5.74) is 0. The maximum absolute atomic E-state index is 11.9. The van der Waals surface area contributed by atoms with Crippen LogP contribution in [0, 0.1) is 5.92 Å². The number of hydrazine groups is 1. The summed E-state index contributed by atoms with van der Waals surface area (Å²) in [6, 6.07) is 4.03. The van der Waals surface area contributed by atoms with Gasteiger partial charge in [0.2, 0.25) is 6.21 Å². The number of rotatable bonds is 1. The van der Waals surface area contributed by atoms with Crippen LogP contribution in [-0.4, -0.2) is 41.7 Å². The van der Waals surface area contributed by atoms with Gasteiger partial charge in [-0.3, -0.25) is 4.79 Å². The number of carbonyl (C=O) groups excluding carboxylic acids is 1. The average Bonchev–Trinajstić information content (AvgIpc) is 2.97. The summed E-state index contributed by atoms with van der Waals surface area (Å²) in [5.74, 6) is 0.177. The first-order valence-corrected chi connectivity index (χ1v) is 6.21. The molecule has 0 spiro atoms. The molecule has 1 aromatic heterocycles. The standard InChI is InChI=1S/C11H13N2O2S/c1-12-10(14)9-4-5-15-11(9)13(12)7-8-3-2-6-16-8/h2-3,6-7,9,11H,4-5H2,1H3/q+1/b13-7-/t9-,11-/m1/s1. The van der Waals surface area contributed by atoms with Gasteiger partial charge in [0.25, 0.3) is 12.1 Å². The summed E-state index contributed by atoms with van der Waals surface area (Å²) in [6.07, 6.45) is 2.72. The highest BCUT2D eigenvalue weighted by atomic mass is 32.1. The fourth-order valence-corrected chi connectivity index (χ4v) is 2.90. The Labute approximate surface area is 97.7 Å². The van der Waals surface area contributed by atoms with Gasteiger partial charge in [-0.15, -0.1) is 16.3 Å². The lowest BCUT2D eigenvalue weighted by Gasteiger charge is -2.07. The molecule has 0 radical (unpaired) electrons. The number of hydrazone groups is 1. The normalized spacial score (nSPS) is 31.4. The van der Waals surface area contributed by atoms with Crippen molar-refractivity contribution in [1.29, 1.82) is 0 Å². The summed E-state index contributed by atoms with van der Waals surface area (Å²) >= 11 is 1.66. The molecule has 0 aromatic carbocycles. The lowest BCUT2D eigenvalue weighted by molar-refractivity contribution is -0.705. The first-order chi connectivity index (χ1) is 7.77. The van der Waals surface area contributed by atoms with E-state index in [-0.39, 0.29) is 18.1 Å². The van der Waals surface area contributed by atoms with Crippen LogP contribution in [0.5, 0.6) is 0 Å². The van der Waals surface area contributed by atoms with E-state index in [9.17, 15) is 4.79 Å². The van der Waals surface area contributed by atoms with E-state index in [1.807, 2.05) is 28.4 Å². The SMILES string of the molecule is CN1C(=O)[C@H]2CCO[C@H]2/[N+]1=C/c1cccs1. The summed E-state index contributed by atoms with van der Waals surface area (Å²) in [4.78, 5) is 13.0. The van der Waals surface area contributed by atoms with Crippen molar-refractivity contribution in [1.82, 2.24) is 5.01 Å². The van der Waals surface area contributed by atoms with E-state index in [1.165, 1.54) is 0 Å². The minimum absolute atomic E-state index is 0.0150. The fraction of sp³-hybridized carbons (Fsp3) is 0.455. The van der Waals surface area contributed by atoms with Gasteiger partial charge in [0.15, 0.2) is 0 Å². The van der Waals surface area contributed by atoms with Crippen LogP contribution < -0.4 is 0 Å². The third-order valence-electron chi connectivity index (χ3n) is 3.11. The number of hydrogen-bond donors (Lipinski definition) is 0. The number of fused-ring (bicyclic) bond motifs is 1. The summed E-state index contributed by atoms with van der Waals surface area (Å²) < 4.78 is 7.52. The minimum atomic E-state index is -0.0976. The lowest BCUT2D eigenvalue weighted by Crippen LogP contribution is -2.33. The highest BCUT2D eigenvalue weighted by Crippen LogP contribution is 2.30. The Hall–Kier alpha value is -1.20. The molecular weight excluding hydrogens is 224 g/mol. The number of ether oxygens (including phenoxy) is 1. The number of hydrogen-bond acceptors (Lipinski definition) is 3. The van der Waals surface area contributed by atoms with Crippen LogP contribution in [0.1, 0.15) is 11.3 Å². The largest absolute Gasteiger partial charge is 0.319 e. The molecule has 4 nitrogen and oxygen atoms in total. The quantitative estimate of drug-likeness (QED) is 0.681. The molecule has 16 heavy (non-hydrogen) atoms. The third-order valence-corrected chi connectivity index (χ3v) is 3.91. The predicted octanol–water partition coefficient (Wildman–Crippen LogP) is 0.929. The van der Waals surface area contributed by atoms with Gasteiger partial charge >= 0.3 is 0 Å². The lowest BCUT2D eigenvalue weighted by atomic mass is 10.1. The number of thiophene rings is 1. The number of amides is 1. The van der Waals surface area contributed by atoms with Gasteiger partial charge in [-0.05, 0) is 17.9 Å². The van der Waals surface area contributed by atoms with Crippen LogP contribution in [-0.2, 0) is 9.53 Å². The van der Waals surface area contributed by atoms with Crippen molar-refractivity contribution in [3.63, 3.8) is 0 Å². The van der Waals surface area contributed by atoms with Gasteiger partial charge in [-0.25, -0.2) is 0 Å². The highest BCUT2D eigenvalue weighted by Gasteiger charge is 2.53. The van der Waals surface area contributed by atoms with E-state index < -0.39 is 0 Å². The smallest absolute Gasteiger partial charge is 0.298 e. The molecular formula is C11H13N2O2S+. The molecule has 84 valence electrons. The van der Waals surface area contributed by atoms with Crippen molar-refractivity contribution < 1.29 is 14.2 Å². The van der Waals surface area contributed by atoms with E-state index in [0.29, 0.717) is 6.61 Å². The maximum Gasteiger partial charge on any atom is 0.298 e. The molecule has 3 rings (SSSR count). The van der Waals surface area contributed by atoms with E-state index >= 15 is 0 Å². The molecule has 2 fully saturated rings. The zero-order chi connectivity index (χ0) is 11.1. The van der Waals surface area contributed by atoms with Crippen molar-refractivity contribution in [2.45, 2.75) is 12.6 Å². The van der Waals surface area contributed by atoms with Gasteiger partial charge in [0.05, 0.1) is 18.5 Å². The van der Waals surface area contributed by atoms with Crippen LogP contribution in [0.4, 0.5) is 0 Å². The summed E-state index contributed by atoms with van der Waals surface area (Å²) in [7, 11) is 1.80. The summed E-state index contributed by atoms with van der Waals surface area (Å²) in [5, 5.41) is 3.69. The molecule has 0 N–H and O–H groups in total. The Morgan fingerprint density at radius 3 is 3.31 bits per heavy atom. The fourth-order valence-electron chi connectivity index (χ4n) is 2.26. The van der Waals surface area contributed by atoms with Gasteiger partial charge in [-0.2, -0.15) is 0 Å². The second-order valence-corrected chi connectivity index (χ2v) is 5.02.